The van der Waals surface area contributed by atoms with E-state index in [1.165, 1.54) is 11.8 Å². The van der Waals surface area contributed by atoms with E-state index >= 15 is 0 Å². The van der Waals surface area contributed by atoms with Crippen LogP contribution < -0.4 is 0 Å². The monoisotopic (exact) mass is 320 g/mol. The quantitative estimate of drug-likeness (QED) is 0.794. The number of Topliss-reactive ketones (excluding diaryl/α,β-unsaturated/α-hetero) is 1. The van der Waals surface area contributed by atoms with E-state index < -0.39 is 5.97 Å². The molecule has 3 nitrogen and oxygen atoms in total. The van der Waals surface area contributed by atoms with E-state index in [1.54, 1.807) is 18.2 Å². The zero-order valence-corrected chi connectivity index (χ0v) is 12.7. The number of benzene rings is 2. The second kappa shape index (κ2) is 7.29. The average molecular weight is 321 g/mol. The summed E-state index contributed by atoms with van der Waals surface area (Å²) >= 11 is 7.36. The number of hydrogen-bond acceptors (Lipinski definition) is 3. The molecule has 1 N–H and O–H groups in total. The highest BCUT2D eigenvalue weighted by Gasteiger charge is 2.09. The highest BCUT2D eigenvalue weighted by Crippen LogP contribution is 2.29. The number of halogens is 1. The van der Waals surface area contributed by atoms with E-state index in [4.69, 9.17) is 16.7 Å². The summed E-state index contributed by atoms with van der Waals surface area (Å²) in [6.07, 6.45) is -0.127. The predicted octanol–water partition coefficient (Wildman–Crippen LogP) is 4.54. The van der Waals surface area contributed by atoms with Crippen LogP contribution in [0.1, 0.15) is 23.2 Å². The summed E-state index contributed by atoms with van der Waals surface area (Å²) in [7, 11) is 0. The molecule has 0 atom stereocenters. The van der Waals surface area contributed by atoms with E-state index in [0.717, 1.165) is 9.79 Å². The number of carbonyl (C=O) groups is 2. The van der Waals surface area contributed by atoms with Crippen LogP contribution >= 0.6 is 23.4 Å². The Morgan fingerprint density at radius 3 is 2.38 bits per heavy atom. The van der Waals surface area contributed by atoms with Crippen LogP contribution in [-0.4, -0.2) is 16.9 Å². The van der Waals surface area contributed by atoms with Crippen molar-refractivity contribution in [2.45, 2.75) is 22.6 Å². The molecule has 0 aromatic heterocycles. The van der Waals surface area contributed by atoms with E-state index in [-0.39, 0.29) is 18.6 Å². The van der Waals surface area contributed by atoms with Crippen molar-refractivity contribution in [2.24, 2.45) is 0 Å². The largest absolute Gasteiger partial charge is 0.481 e. The van der Waals surface area contributed by atoms with Gasteiger partial charge in [-0.15, -0.1) is 0 Å². The van der Waals surface area contributed by atoms with Gasteiger partial charge in [0, 0.05) is 26.8 Å². The highest BCUT2D eigenvalue weighted by atomic mass is 35.5. The normalized spacial score (nSPS) is 10.3. The third-order valence-electron chi connectivity index (χ3n) is 2.77. The standard InChI is InChI=1S/C16H13ClO3S/c17-12-4-6-13(7-5-12)21-14-3-1-2-11(10-14)15(18)8-9-16(19)20/h1-7,10H,8-9H2,(H,19,20). The second-order valence-corrected chi connectivity index (χ2v) is 5.98. The summed E-state index contributed by atoms with van der Waals surface area (Å²) in [5.41, 5.74) is 0.537. The zero-order chi connectivity index (χ0) is 15.2. The van der Waals surface area contributed by atoms with Crippen LogP contribution in [0.3, 0.4) is 0 Å². The van der Waals surface area contributed by atoms with Gasteiger partial charge in [0.15, 0.2) is 5.78 Å². The Kier molecular flexibility index (Phi) is 5.42. The number of carboxylic acids is 1. The van der Waals surface area contributed by atoms with Crippen molar-refractivity contribution in [1.82, 2.24) is 0 Å². The Balaban J connectivity index is 2.08. The molecule has 0 heterocycles. The summed E-state index contributed by atoms with van der Waals surface area (Å²) in [6.45, 7) is 0. The number of carboxylic acid groups (broad SMARTS) is 1. The molecule has 2 rings (SSSR count). The van der Waals surface area contributed by atoms with Gasteiger partial charge in [-0.3, -0.25) is 9.59 Å². The number of ketones is 1. The Labute approximate surface area is 131 Å². The molecule has 0 aliphatic carbocycles. The molecule has 0 amide bonds. The van der Waals surface area contributed by atoms with Crippen molar-refractivity contribution in [3.05, 3.63) is 59.1 Å². The molecule has 0 aliphatic rings. The van der Waals surface area contributed by atoms with Crippen LogP contribution in [-0.2, 0) is 4.79 Å². The Morgan fingerprint density at radius 1 is 1.00 bits per heavy atom. The fourth-order valence-electron chi connectivity index (χ4n) is 1.74. The van der Waals surface area contributed by atoms with Crippen molar-refractivity contribution in [3.63, 3.8) is 0 Å². The molecule has 0 radical (unpaired) electrons. The zero-order valence-electron chi connectivity index (χ0n) is 11.1. The number of hydrogen-bond donors (Lipinski definition) is 1. The molecule has 2 aromatic rings. The Hall–Kier alpha value is -1.78. The van der Waals surface area contributed by atoms with Crippen LogP contribution in [0.25, 0.3) is 0 Å². The van der Waals surface area contributed by atoms with Crippen LogP contribution in [0.2, 0.25) is 5.02 Å². The van der Waals surface area contributed by atoms with Gasteiger partial charge in [-0.2, -0.15) is 0 Å². The van der Waals surface area contributed by atoms with Crippen molar-refractivity contribution in [1.29, 1.82) is 0 Å². The lowest BCUT2D eigenvalue weighted by Gasteiger charge is -2.04. The number of carbonyl (C=O) groups excluding carboxylic acids is 1. The first-order valence-corrected chi connectivity index (χ1v) is 7.52. The van der Waals surface area contributed by atoms with Gasteiger partial charge in [-0.05, 0) is 36.4 Å². The first-order valence-electron chi connectivity index (χ1n) is 6.33. The molecule has 21 heavy (non-hydrogen) atoms. The fourth-order valence-corrected chi connectivity index (χ4v) is 2.74. The minimum Gasteiger partial charge on any atom is -0.481 e. The molecule has 0 bridgehead atoms. The Morgan fingerprint density at radius 2 is 1.71 bits per heavy atom. The van der Waals surface area contributed by atoms with Gasteiger partial charge in [0.2, 0.25) is 0 Å². The Bertz CT molecular complexity index is 653. The van der Waals surface area contributed by atoms with Gasteiger partial charge in [-0.25, -0.2) is 0 Å². The molecule has 0 fully saturated rings. The van der Waals surface area contributed by atoms with Crippen LogP contribution in [0.5, 0.6) is 0 Å². The maximum Gasteiger partial charge on any atom is 0.303 e. The molecule has 108 valence electrons. The maximum atomic E-state index is 11.9. The lowest BCUT2D eigenvalue weighted by Crippen LogP contribution is -2.03. The van der Waals surface area contributed by atoms with Crippen LogP contribution in [0.15, 0.2) is 58.3 Å². The fraction of sp³-hybridized carbons (Fsp3) is 0.125. The average Bonchev–Trinajstić information content (AvgIpc) is 2.47. The minimum absolute atomic E-state index is 0.0183. The second-order valence-electron chi connectivity index (χ2n) is 4.40. The summed E-state index contributed by atoms with van der Waals surface area (Å²) in [4.78, 5) is 24.4. The molecule has 5 heteroatoms. The van der Waals surface area contributed by atoms with Gasteiger partial charge < -0.3 is 5.11 Å². The predicted molar refractivity (Wildman–Crippen MR) is 83.2 cm³/mol. The molecule has 0 unspecified atom stereocenters. The van der Waals surface area contributed by atoms with Crippen molar-refractivity contribution < 1.29 is 14.7 Å². The lowest BCUT2D eigenvalue weighted by molar-refractivity contribution is -0.136. The van der Waals surface area contributed by atoms with Gasteiger partial charge in [0.05, 0.1) is 6.42 Å². The van der Waals surface area contributed by atoms with Gasteiger partial charge in [0.1, 0.15) is 0 Å². The van der Waals surface area contributed by atoms with Gasteiger partial charge >= 0.3 is 5.97 Å². The SMILES string of the molecule is O=C(O)CCC(=O)c1cccc(Sc2ccc(Cl)cc2)c1. The first-order chi connectivity index (χ1) is 10.0. The summed E-state index contributed by atoms with van der Waals surface area (Å²) in [5.74, 6) is -1.12. The number of rotatable bonds is 6. The van der Waals surface area contributed by atoms with Gasteiger partial charge in [0.25, 0.3) is 0 Å². The summed E-state index contributed by atoms with van der Waals surface area (Å²) in [6, 6.07) is 14.6. The molecular weight excluding hydrogens is 308 g/mol. The van der Waals surface area contributed by atoms with Crippen LogP contribution in [0, 0.1) is 0 Å². The third-order valence-corrected chi connectivity index (χ3v) is 4.02. The molecule has 0 aliphatic heterocycles. The van der Waals surface area contributed by atoms with Gasteiger partial charge in [-0.1, -0.05) is 35.5 Å². The first kappa shape index (κ1) is 15.6. The van der Waals surface area contributed by atoms with E-state index in [2.05, 4.69) is 0 Å². The summed E-state index contributed by atoms with van der Waals surface area (Å²) < 4.78 is 0. The van der Waals surface area contributed by atoms with E-state index in [1.807, 2.05) is 30.3 Å². The maximum absolute atomic E-state index is 11.9. The molecule has 2 aromatic carbocycles. The van der Waals surface area contributed by atoms with E-state index in [9.17, 15) is 9.59 Å². The third kappa shape index (κ3) is 4.92. The van der Waals surface area contributed by atoms with E-state index in [0.29, 0.717) is 10.6 Å². The molecule has 0 spiro atoms. The molecule has 0 saturated carbocycles. The van der Waals surface area contributed by atoms with Crippen molar-refractivity contribution >= 4 is 35.1 Å². The number of aliphatic carboxylic acids is 1. The topological polar surface area (TPSA) is 54.4 Å². The van der Waals surface area contributed by atoms with Crippen molar-refractivity contribution in [2.75, 3.05) is 0 Å². The molecule has 0 saturated heterocycles. The minimum atomic E-state index is -0.963. The highest BCUT2D eigenvalue weighted by molar-refractivity contribution is 7.99. The molecular formula is C16H13ClO3S. The van der Waals surface area contributed by atoms with Crippen molar-refractivity contribution in [3.8, 4) is 0 Å². The lowest BCUT2D eigenvalue weighted by atomic mass is 10.1. The van der Waals surface area contributed by atoms with Crippen LogP contribution in [0.4, 0.5) is 0 Å². The smallest absolute Gasteiger partial charge is 0.303 e. The summed E-state index contributed by atoms with van der Waals surface area (Å²) in [5, 5.41) is 9.29.